The fourth-order valence-electron chi connectivity index (χ4n) is 2.61. The summed E-state index contributed by atoms with van der Waals surface area (Å²) in [6, 6.07) is 11.8. The number of Topliss-reactive ketones (excluding diaryl/α,β-unsaturated/α-hetero) is 1. The predicted molar refractivity (Wildman–Crippen MR) is 113 cm³/mol. The van der Waals surface area contributed by atoms with Crippen molar-refractivity contribution in [1.29, 1.82) is 0 Å². The number of ether oxygens (including phenoxy) is 3. The average Bonchev–Trinajstić information content (AvgIpc) is 2.73. The highest BCUT2D eigenvalue weighted by atomic mass is 16.6. The van der Waals surface area contributed by atoms with Crippen molar-refractivity contribution < 1.29 is 28.6 Å². The molecule has 1 atom stereocenters. The summed E-state index contributed by atoms with van der Waals surface area (Å²) in [4.78, 5) is 35.8. The molecule has 1 N–H and O–H groups in total. The molecule has 2 aromatic carbocycles. The minimum absolute atomic E-state index is 0.115. The zero-order valence-electron chi connectivity index (χ0n) is 17.3. The molecule has 7 nitrogen and oxygen atoms in total. The van der Waals surface area contributed by atoms with Gasteiger partial charge in [0.25, 0.3) is 5.91 Å². The minimum atomic E-state index is -1.04. The van der Waals surface area contributed by atoms with Crippen LogP contribution in [-0.4, -0.2) is 37.5 Å². The number of esters is 1. The lowest BCUT2D eigenvalue weighted by Gasteiger charge is -2.15. The van der Waals surface area contributed by atoms with Crippen molar-refractivity contribution in [2.45, 2.75) is 26.4 Å². The first kappa shape index (κ1) is 22.7. The number of methoxy groups -OCH3 is 1. The zero-order chi connectivity index (χ0) is 22.1. The first-order valence-electron chi connectivity index (χ1n) is 9.36. The summed E-state index contributed by atoms with van der Waals surface area (Å²) in [6.07, 6.45) is 1.41. The van der Waals surface area contributed by atoms with E-state index in [1.54, 1.807) is 42.5 Å². The first-order valence-corrected chi connectivity index (χ1v) is 9.36. The van der Waals surface area contributed by atoms with Gasteiger partial charge in [-0.3, -0.25) is 9.59 Å². The van der Waals surface area contributed by atoms with E-state index < -0.39 is 18.0 Å². The highest BCUT2D eigenvalue weighted by Crippen LogP contribution is 2.28. The molecule has 0 aromatic heterocycles. The van der Waals surface area contributed by atoms with Gasteiger partial charge in [-0.25, -0.2) is 4.79 Å². The van der Waals surface area contributed by atoms with Gasteiger partial charge < -0.3 is 19.5 Å². The molecule has 0 aliphatic heterocycles. The van der Waals surface area contributed by atoms with Gasteiger partial charge in [0.05, 0.1) is 7.11 Å². The van der Waals surface area contributed by atoms with Crippen LogP contribution in [0.2, 0.25) is 0 Å². The zero-order valence-corrected chi connectivity index (χ0v) is 17.3. The molecule has 0 unspecified atom stereocenters. The van der Waals surface area contributed by atoms with E-state index in [0.717, 1.165) is 5.56 Å². The molecule has 2 rings (SSSR count). The maximum absolute atomic E-state index is 12.3. The summed E-state index contributed by atoms with van der Waals surface area (Å²) in [7, 11) is 1.51. The number of benzene rings is 2. The van der Waals surface area contributed by atoms with E-state index in [2.05, 4.69) is 11.9 Å². The molecule has 2 aromatic rings. The van der Waals surface area contributed by atoms with E-state index in [9.17, 15) is 14.4 Å². The average molecular weight is 411 g/mol. The number of rotatable bonds is 10. The third-order valence-electron chi connectivity index (χ3n) is 4.17. The van der Waals surface area contributed by atoms with Crippen molar-refractivity contribution in [3.05, 3.63) is 66.2 Å². The van der Waals surface area contributed by atoms with Crippen molar-refractivity contribution in [2.24, 2.45) is 0 Å². The molecule has 0 saturated heterocycles. The van der Waals surface area contributed by atoms with Gasteiger partial charge >= 0.3 is 5.97 Å². The van der Waals surface area contributed by atoms with Crippen LogP contribution in [0.5, 0.6) is 11.5 Å². The number of allylic oxidation sites excluding steroid dienone is 1. The first-order chi connectivity index (χ1) is 14.3. The Morgan fingerprint density at radius 1 is 1.13 bits per heavy atom. The van der Waals surface area contributed by atoms with E-state index >= 15 is 0 Å². The Morgan fingerprint density at radius 3 is 2.57 bits per heavy atom. The van der Waals surface area contributed by atoms with E-state index in [0.29, 0.717) is 29.2 Å². The summed E-state index contributed by atoms with van der Waals surface area (Å²) in [5, 5.41) is 2.62. The fraction of sp³-hybridized carbons (Fsp3) is 0.261. The molecule has 0 heterocycles. The predicted octanol–water partition coefficient (Wildman–Crippen LogP) is 3.58. The number of hydrogen-bond acceptors (Lipinski definition) is 6. The van der Waals surface area contributed by atoms with Crippen LogP contribution in [0.15, 0.2) is 55.1 Å². The normalized spacial score (nSPS) is 11.2. The van der Waals surface area contributed by atoms with Gasteiger partial charge in [-0.05, 0) is 50.1 Å². The summed E-state index contributed by atoms with van der Waals surface area (Å²) < 4.78 is 15.9. The third kappa shape index (κ3) is 6.48. The number of ketones is 1. The quantitative estimate of drug-likeness (QED) is 0.365. The van der Waals surface area contributed by atoms with Crippen LogP contribution < -0.4 is 14.8 Å². The smallest absolute Gasteiger partial charge is 0.344 e. The van der Waals surface area contributed by atoms with Gasteiger partial charge in [-0.2, -0.15) is 0 Å². The maximum Gasteiger partial charge on any atom is 0.344 e. The Hall–Kier alpha value is -3.61. The van der Waals surface area contributed by atoms with Gasteiger partial charge in [-0.1, -0.05) is 24.3 Å². The number of carbonyl (C=O) groups excluding carboxylic acids is 3. The standard InChI is InChI=1S/C23H25NO6/c1-5-7-17-10-11-20(21(12-17)28-4)29-14-22(26)30-16(3)23(27)24-19-9-6-8-18(13-19)15(2)25/h5-6,8-13,16H,1,7,14H2,2-4H3,(H,24,27)/t16-/m1/s1. The number of anilines is 1. The number of nitrogens with one attached hydrogen (secondary N) is 1. The third-order valence-corrected chi connectivity index (χ3v) is 4.17. The lowest BCUT2D eigenvalue weighted by molar-refractivity contribution is -0.155. The second-order valence-electron chi connectivity index (χ2n) is 6.53. The summed E-state index contributed by atoms with van der Waals surface area (Å²) in [6.45, 7) is 6.20. The molecule has 0 fully saturated rings. The van der Waals surface area contributed by atoms with E-state index in [4.69, 9.17) is 14.2 Å². The monoisotopic (exact) mass is 411 g/mol. The van der Waals surface area contributed by atoms with Crippen LogP contribution in [0, 0.1) is 0 Å². The second-order valence-corrected chi connectivity index (χ2v) is 6.53. The molecule has 0 spiro atoms. The molecule has 158 valence electrons. The molecule has 0 aliphatic rings. The number of carbonyl (C=O) groups is 3. The Morgan fingerprint density at radius 2 is 1.90 bits per heavy atom. The van der Waals surface area contributed by atoms with E-state index in [-0.39, 0.29) is 12.4 Å². The molecule has 7 heteroatoms. The Labute approximate surface area is 175 Å². The Balaban J connectivity index is 1.90. The molecule has 30 heavy (non-hydrogen) atoms. The van der Waals surface area contributed by atoms with Crippen molar-refractivity contribution >= 4 is 23.3 Å². The molecule has 0 saturated carbocycles. The van der Waals surface area contributed by atoms with Crippen LogP contribution in [0.1, 0.15) is 29.8 Å². The number of hydrogen-bond donors (Lipinski definition) is 1. The van der Waals surface area contributed by atoms with Gasteiger partial charge in [0.2, 0.25) is 0 Å². The summed E-state index contributed by atoms with van der Waals surface area (Å²) >= 11 is 0. The van der Waals surface area contributed by atoms with Crippen LogP contribution >= 0.6 is 0 Å². The lowest BCUT2D eigenvalue weighted by Crippen LogP contribution is -2.31. The molecular formula is C23H25NO6. The largest absolute Gasteiger partial charge is 0.493 e. The van der Waals surface area contributed by atoms with Crippen molar-refractivity contribution in [3.8, 4) is 11.5 Å². The van der Waals surface area contributed by atoms with Crippen LogP contribution in [0.25, 0.3) is 0 Å². The number of amides is 1. The van der Waals surface area contributed by atoms with E-state index in [1.807, 2.05) is 6.07 Å². The van der Waals surface area contributed by atoms with Gasteiger partial charge in [0.1, 0.15) is 0 Å². The van der Waals surface area contributed by atoms with Crippen LogP contribution in [0.4, 0.5) is 5.69 Å². The molecule has 0 aliphatic carbocycles. The highest BCUT2D eigenvalue weighted by Gasteiger charge is 2.19. The SMILES string of the molecule is C=CCc1ccc(OCC(=O)O[C@H](C)C(=O)Nc2cccc(C(C)=O)c2)c(OC)c1. The molecular weight excluding hydrogens is 386 g/mol. The maximum atomic E-state index is 12.3. The Kier molecular flexibility index (Phi) is 8.17. The van der Waals surface area contributed by atoms with Crippen molar-refractivity contribution in [3.63, 3.8) is 0 Å². The van der Waals surface area contributed by atoms with Crippen LogP contribution in [-0.2, 0) is 20.7 Å². The molecule has 1 amide bonds. The van der Waals surface area contributed by atoms with Crippen molar-refractivity contribution in [1.82, 2.24) is 0 Å². The fourth-order valence-corrected chi connectivity index (χ4v) is 2.61. The second kappa shape index (κ2) is 10.8. The Bertz CT molecular complexity index is 937. The molecule has 0 radical (unpaired) electrons. The van der Waals surface area contributed by atoms with Gasteiger partial charge in [0.15, 0.2) is 30.0 Å². The van der Waals surface area contributed by atoms with Crippen LogP contribution in [0.3, 0.4) is 0 Å². The van der Waals surface area contributed by atoms with Gasteiger partial charge in [-0.15, -0.1) is 6.58 Å². The van der Waals surface area contributed by atoms with Crippen molar-refractivity contribution in [2.75, 3.05) is 19.0 Å². The molecule has 0 bridgehead atoms. The summed E-state index contributed by atoms with van der Waals surface area (Å²) in [5.74, 6) is -0.461. The lowest BCUT2D eigenvalue weighted by atomic mass is 10.1. The van der Waals surface area contributed by atoms with Gasteiger partial charge in [0, 0.05) is 11.3 Å². The summed E-state index contributed by atoms with van der Waals surface area (Å²) in [5.41, 5.74) is 1.91. The highest BCUT2D eigenvalue weighted by molar-refractivity contribution is 5.98. The van der Waals surface area contributed by atoms with E-state index in [1.165, 1.54) is 21.0 Å². The minimum Gasteiger partial charge on any atom is -0.493 e. The topological polar surface area (TPSA) is 90.9 Å².